The first-order valence-electron chi connectivity index (χ1n) is 6.57. The first-order chi connectivity index (χ1) is 8.90. The lowest BCUT2D eigenvalue weighted by atomic mass is 10.2. The van der Waals surface area contributed by atoms with E-state index in [0.29, 0.717) is 6.61 Å². The molecular weight excluding hydrogens is 242 g/mol. The summed E-state index contributed by atoms with van der Waals surface area (Å²) in [6.45, 7) is 8.56. The number of carbonyl (C=O) groups excluding carboxylic acids is 1. The SMILES string of the molecule is CCCOc1ccc(NC(=O)COC(C)(C)C)cc1. The minimum Gasteiger partial charge on any atom is -0.494 e. The van der Waals surface area contributed by atoms with Gasteiger partial charge in [-0.25, -0.2) is 0 Å². The molecule has 1 aromatic carbocycles. The van der Waals surface area contributed by atoms with Gasteiger partial charge in [0.1, 0.15) is 12.4 Å². The van der Waals surface area contributed by atoms with Gasteiger partial charge in [-0.1, -0.05) is 6.92 Å². The Morgan fingerprint density at radius 1 is 1.21 bits per heavy atom. The number of anilines is 1. The maximum absolute atomic E-state index is 11.6. The predicted molar refractivity (Wildman–Crippen MR) is 76.6 cm³/mol. The zero-order valence-electron chi connectivity index (χ0n) is 12.2. The van der Waals surface area contributed by atoms with Crippen molar-refractivity contribution in [3.8, 4) is 5.75 Å². The van der Waals surface area contributed by atoms with Crippen molar-refractivity contribution in [3.63, 3.8) is 0 Å². The molecule has 106 valence electrons. The zero-order valence-corrected chi connectivity index (χ0v) is 12.2. The van der Waals surface area contributed by atoms with Crippen molar-refractivity contribution in [1.82, 2.24) is 0 Å². The highest BCUT2D eigenvalue weighted by molar-refractivity contribution is 5.91. The summed E-state index contributed by atoms with van der Waals surface area (Å²) in [5.41, 5.74) is 0.432. The van der Waals surface area contributed by atoms with Crippen molar-refractivity contribution in [2.45, 2.75) is 39.7 Å². The van der Waals surface area contributed by atoms with E-state index < -0.39 is 0 Å². The molecule has 1 aromatic rings. The molecule has 0 spiro atoms. The number of amides is 1. The quantitative estimate of drug-likeness (QED) is 0.859. The molecule has 0 aromatic heterocycles. The van der Waals surface area contributed by atoms with Crippen LogP contribution in [0.2, 0.25) is 0 Å². The minimum atomic E-state index is -0.310. The Balaban J connectivity index is 2.42. The van der Waals surface area contributed by atoms with E-state index in [1.165, 1.54) is 0 Å². The zero-order chi connectivity index (χ0) is 14.3. The molecule has 1 amide bonds. The van der Waals surface area contributed by atoms with Crippen LogP contribution in [0.3, 0.4) is 0 Å². The molecule has 0 bridgehead atoms. The van der Waals surface area contributed by atoms with E-state index >= 15 is 0 Å². The molecule has 1 rings (SSSR count). The maximum Gasteiger partial charge on any atom is 0.250 e. The third-order valence-electron chi connectivity index (χ3n) is 2.25. The van der Waals surface area contributed by atoms with Crippen LogP contribution in [-0.2, 0) is 9.53 Å². The van der Waals surface area contributed by atoms with E-state index in [1.54, 1.807) is 0 Å². The summed E-state index contributed by atoms with van der Waals surface area (Å²) in [4.78, 5) is 11.6. The van der Waals surface area contributed by atoms with Gasteiger partial charge in [0.05, 0.1) is 12.2 Å². The van der Waals surface area contributed by atoms with Crippen molar-refractivity contribution in [1.29, 1.82) is 0 Å². The molecule has 1 N–H and O–H groups in total. The number of hydrogen-bond acceptors (Lipinski definition) is 3. The summed E-state index contributed by atoms with van der Waals surface area (Å²) in [6, 6.07) is 7.33. The van der Waals surface area contributed by atoms with Crippen LogP contribution in [0.5, 0.6) is 5.75 Å². The third kappa shape index (κ3) is 6.82. The number of benzene rings is 1. The van der Waals surface area contributed by atoms with Crippen LogP contribution >= 0.6 is 0 Å². The fourth-order valence-corrected chi connectivity index (χ4v) is 1.33. The molecule has 0 aliphatic rings. The van der Waals surface area contributed by atoms with E-state index in [9.17, 15) is 4.79 Å². The summed E-state index contributed by atoms with van der Waals surface area (Å²) in [5.74, 6) is 0.656. The topological polar surface area (TPSA) is 47.6 Å². The van der Waals surface area contributed by atoms with Crippen molar-refractivity contribution >= 4 is 11.6 Å². The van der Waals surface area contributed by atoms with Crippen molar-refractivity contribution < 1.29 is 14.3 Å². The van der Waals surface area contributed by atoms with E-state index in [4.69, 9.17) is 9.47 Å². The Labute approximate surface area is 115 Å². The number of ether oxygens (including phenoxy) is 2. The largest absolute Gasteiger partial charge is 0.494 e. The van der Waals surface area contributed by atoms with Gasteiger partial charge in [-0.2, -0.15) is 0 Å². The van der Waals surface area contributed by atoms with Crippen molar-refractivity contribution in [2.75, 3.05) is 18.5 Å². The highest BCUT2D eigenvalue weighted by atomic mass is 16.5. The number of nitrogens with one attached hydrogen (secondary N) is 1. The molecule has 0 atom stereocenters. The highest BCUT2D eigenvalue weighted by Crippen LogP contribution is 2.16. The van der Waals surface area contributed by atoms with Gasteiger partial charge in [0.25, 0.3) is 0 Å². The van der Waals surface area contributed by atoms with Crippen LogP contribution in [0.25, 0.3) is 0 Å². The maximum atomic E-state index is 11.6. The van der Waals surface area contributed by atoms with Crippen LogP contribution in [0.15, 0.2) is 24.3 Å². The lowest BCUT2D eigenvalue weighted by Gasteiger charge is -2.19. The number of hydrogen-bond donors (Lipinski definition) is 1. The molecule has 0 saturated heterocycles. The molecule has 0 saturated carbocycles. The number of rotatable bonds is 6. The first-order valence-corrected chi connectivity index (χ1v) is 6.57. The predicted octanol–water partition coefficient (Wildman–Crippen LogP) is 3.23. The summed E-state index contributed by atoms with van der Waals surface area (Å²) in [6.07, 6.45) is 0.975. The van der Waals surface area contributed by atoms with Crippen LogP contribution in [-0.4, -0.2) is 24.7 Å². The second-order valence-corrected chi connectivity index (χ2v) is 5.32. The summed E-state index contributed by atoms with van der Waals surface area (Å²) in [5, 5.41) is 2.78. The number of carbonyl (C=O) groups is 1. The molecule has 0 aliphatic heterocycles. The average molecular weight is 265 g/mol. The molecule has 19 heavy (non-hydrogen) atoms. The van der Waals surface area contributed by atoms with Gasteiger partial charge < -0.3 is 14.8 Å². The van der Waals surface area contributed by atoms with Gasteiger partial charge in [-0.3, -0.25) is 4.79 Å². The molecule has 0 fully saturated rings. The van der Waals surface area contributed by atoms with Gasteiger partial charge in [-0.15, -0.1) is 0 Å². The van der Waals surface area contributed by atoms with Gasteiger partial charge in [0, 0.05) is 5.69 Å². The van der Waals surface area contributed by atoms with Crippen LogP contribution in [0, 0.1) is 0 Å². The van der Waals surface area contributed by atoms with Gasteiger partial charge in [0.15, 0.2) is 0 Å². The standard InChI is InChI=1S/C15H23NO3/c1-5-10-18-13-8-6-12(7-9-13)16-14(17)11-19-15(2,3)4/h6-9H,5,10-11H2,1-4H3,(H,16,17). The minimum absolute atomic E-state index is 0.0532. The molecule has 0 unspecified atom stereocenters. The normalized spacial score (nSPS) is 11.2. The van der Waals surface area contributed by atoms with E-state index in [-0.39, 0.29) is 18.1 Å². The molecule has 0 radical (unpaired) electrons. The van der Waals surface area contributed by atoms with Crippen LogP contribution < -0.4 is 10.1 Å². The van der Waals surface area contributed by atoms with E-state index in [1.807, 2.05) is 45.0 Å². The van der Waals surface area contributed by atoms with Gasteiger partial charge in [0.2, 0.25) is 5.91 Å². The highest BCUT2D eigenvalue weighted by Gasteiger charge is 2.12. The Kier molecular flexibility index (Phi) is 5.83. The Morgan fingerprint density at radius 3 is 2.37 bits per heavy atom. The summed E-state index contributed by atoms with van der Waals surface area (Å²) < 4.78 is 10.9. The summed E-state index contributed by atoms with van der Waals surface area (Å²) in [7, 11) is 0. The Hall–Kier alpha value is -1.55. The van der Waals surface area contributed by atoms with Gasteiger partial charge in [-0.05, 0) is 51.5 Å². The van der Waals surface area contributed by atoms with Crippen LogP contribution in [0.1, 0.15) is 34.1 Å². The molecule has 4 nitrogen and oxygen atoms in total. The monoisotopic (exact) mass is 265 g/mol. The van der Waals surface area contributed by atoms with Gasteiger partial charge >= 0.3 is 0 Å². The van der Waals surface area contributed by atoms with Crippen molar-refractivity contribution in [3.05, 3.63) is 24.3 Å². The summed E-state index contributed by atoms with van der Waals surface area (Å²) >= 11 is 0. The fraction of sp³-hybridized carbons (Fsp3) is 0.533. The second-order valence-electron chi connectivity index (χ2n) is 5.32. The lowest BCUT2D eigenvalue weighted by molar-refractivity contribution is -0.125. The van der Waals surface area contributed by atoms with Crippen LogP contribution in [0.4, 0.5) is 5.69 Å². The van der Waals surface area contributed by atoms with E-state index in [0.717, 1.165) is 17.9 Å². The Morgan fingerprint density at radius 2 is 1.84 bits per heavy atom. The second kappa shape index (κ2) is 7.14. The third-order valence-corrected chi connectivity index (χ3v) is 2.25. The average Bonchev–Trinajstić information content (AvgIpc) is 2.35. The lowest BCUT2D eigenvalue weighted by Crippen LogP contribution is -2.27. The van der Waals surface area contributed by atoms with Crippen molar-refractivity contribution in [2.24, 2.45) is 0 Å². The smallest absolute Gasteiger partial charge is 0.250 e. The molecule has 4 heteroatoms. The molecular formula is C15H23NO3. The van der Waals surface area contributed by atoms with E-state index in [2.05, 4.69) is 12.2 Å². The fourth-order valence-electron chi connectivity index (χ4n) is 1.33. The first kappa shape index (κ1) is 15.5. The Bertz CT molecular complexity index is 393. The molecule has 0 heterocycles. The molecule has 0 aliphatic carbocycles.